The molecule has 0 aromatic carbocycles. The van der Waals surface area contributed by atoms with Crippen LogP contribution in [0.3, 0.4) is 0 Å². The van der Waals surface area contributed by atoms with Crippen LogP contribution in [-0.2, 0) is 4.43 Å². The van der Waals surface area contributed by atoms with Crippen LogP contribution in [0.25, 0.3) is 0 Å². The van der Waals surface area contributed by atoms with Crippen LogP contribution in [0.1, 0.15) is 139 Å². The first kappa shape index (κ1) is 42.2. The zero-order valence-electron chi connectivity index (χ0n) is 30.0. The molecule has 0 heterocycles. The molecule has 0 saturated carbocycles. The SMILES string of the molecule is CCC[CH2][Sn](/[CH]=C/[C@H](O)[C@@H](/C=[CH]/[Sn]([CH2]CCC)([CH2]CCC)[CH2]CCC)O[Si](C)(C)C(C)(C)C)([CH2]CCC)[CH2]CCC. The molecule has 0 radical (unpaired) electrons. The van der Waals surface area contributed by atoms with E-state index in [0.29, 0.717) is 0 Å². The molecule has 0 spiro atoms. The van der Waals surface area contributed by atoms with Gasteiger partial charge in [-0.05, 0) is 0 Å². The molecule has 0 bridgehead atoms. The fourth-order valence-electron chi connectivity index (χ4n) is 5.87. The summed E-state index contributed by atoms with van der Waals surface area (Å²) in [6, 6.07) is 0. The standard InChI is InChI=1S/C12H22O2Si.6C4H9.2Sn/c1-8-10(13)11(9-2)14-15(6,7)12(3,4)5;6*1-3-4-2;;/h1-2,8-11,13H,3-7H3;6*1,3-4H2,2H3;;/t10-,11+;;;;;;;;/m0......../s1. The Morgan fingerprint density at radius 2 is 0.878 bits per heavy atom. The van der Waals surface area contributed by atoms with E-state index in [9.17, 15) is 5.11 Å². The van der Waals surface area contributed by atoms with Gasteiger partial charge >= 0.3 is 271 Å². The Bertz CT molecular complexity index is 655. The predicted octanol–water partition coefficient (Wildman–Crippen LogP) is 12.6. The molecule has 0 aliphatic heterocycles. The van der Waals surface area contributed by atoms with Gasteiger partial charge in [0.1, 0.15) is 0 Å². The number of hydrogen-bond donors (Lipinski definition) is 1. The van der Waals surface area contributed by atoms with Gasteiger partial charge in [-0.15, -0.1) is 0 Å². The molecule has 0 saturated heterocycles. The van der Waals surface area contributed by atoms with E-state index in [1.54, 1.807) is 0 Å². The van der Waals surface area contributed by atoms with E-state index in [2.05, 4.69) is 95.7 Å². The fourth-order valence-corrected chi connectivity index (χ4v) is 35.8. The first-order chi connectivity index (χ1) is 19.3. The number of rotatable bonds is 25. The van der Waals surface area contributed by atoms with Crippen molar-refractivity contribution in [3.8, 4) is 0 Å². The van der Waals surface area contributed by atoms with E-state index in [-0.39, 0.29) is 11.1 Å². The Labute approximate surface area is 269 Å². The number of unbranched alkanes of at least 4 members (excludes halogenated alkanes) is 6. The minimum absolute atomic E-state index is 0.127. The van der Waals surface area contributed by atoms with Crippen molar-refractivity contribution in [2.45, 2.75) is 196 Å². The molecule has 0 amide bonds. The van der Waals surface area contributed by atoms with Crippen molar-refractivity contribution < 1.29 is 9.53 Å². The molecule has 1 N–H and O–H groups in total. The van der Waals surface area contributed by atoms with E-state index in [1.165, 1.54) is 104 Å². The molecule has 244 valence electrons. The topological polar surface area (TPSA) is 29.5 Å². The maximum atomic E-state index is 11.9. The monoisotopic (exact) mass is 808 g/mol. The summed E-state index contributed by atoms with van der Waals surface area (Å²) in [7, 11) is -2.05. The quantitative estimate of drug-likeness (QED) is 0.0932. The Hall–Kier alpha value is 1.21. The zero-order valence-corrected chi connectivity index (χ0v) is 36.8. The second-order valence-corrected chi connectivity index (χ2v) is 45.7. The van der Waals surface area contributed by atoms with Crippen molar-refractivity contribution in [2.24, 2.45) is 0 Å². The third-order valence-electron chi connectivity index (χ3n) is 10.0. The van der Waals surface area contributed by atoms with Crippen LogP contribution in [0, 0.1) is 0 Å². The third kappa shape index (κ3) is 16.9. The van der Waals surface area contributed by atoms with Gasteiger partial charge in [0.05, 0.1) is 0 Å². The molecule has 0 aromatic rings. The zero-order chi connectivity index (χ0) is 31.4. The predicted molar refractivity (Wildman–Crippen MR) is 196 cm³/mol. The Kier molecular flexibility index (Phi) is 23.3. The van der Waals surface area contributed by atoms with Crippen LogP contribution in [-0.4, -0.2) is 62.4 Å². The third-order valence-corrected chi connectivity index (χ3v) is 42.7. The molecule has 0 rings (SSSR count). The molecule has 0 unspecified atom stereocenters. The van der Waals surface area contributed by atoms with Gasteiger partial charge < -0.3 is 0 Å². The van der Waals surface area contributed by atoms with Gasteiger partial charge in [-0.3, -0.25) is 0 Å². The van der Waals surface area contributed by atoms with Crippen LogP contribution >= 0.6 is 0 Å². The van der Waals surface area contributed by atoms with Gasteiger partial charge in [-0.25, -0.2) is 0 Å². The molecule has 5 heteroatoms. The average molecular weight is 807 g/mol. The molecule has 2 atom stereocenters. The van der Waals surface area contributed by atoms with Crippen LogP contribution in [0.15, 0.2) is 20.3 Å². The van der Waals surface area contributed by atoms with Crippen molar-refractivity contribution in [3.63, 3.8) is 0 Å². The van der Waals surface area contributed by atoms with Gasteiger partial charge in [0.25, 0.3) is 0 Å². The van der Waals surface area contributed by atoms with Gasteiger partial charge in [0.2, 0.25) is 0 Å². The van der Waals surface area contributed by atoms with E-state index < -0.39 is 51.2 Å². The van der Waals surface area contributed by atoms with E-state index >= 15 is 0 Å². The van der Waals surface area contributed by atoms with Gasteiger partial charge in [-0.2, -0.15) is 0 Å². The molecule has 41 heavy (non-hydrogen) atoms. The minimum atomic E-state index is -2.49. The molecular weight excluding hydrogens is 730 g/mol. The summed E-state index contributed by atoms with van der Waals surface area (Å²) < 4.78 is 21.2. The summed E-state index contributed by atoms with van der Waals surface area (Å²) in [5.74, 6) is 0. The van der Waals surface area contributed by atoms with Crippen molar-refractivity contribution in [2.75, 3.05) is 0 Å². The molecule has 0 aromatic heterocycles. The summed E-state index contributed by atoms with van der Waals surface area (Å²) in [5.41, 5.74) is 0. The Morgan fingerprint density at radius 1 is 0.585 bits per heavy atom. The van der Waals surface area contributed by atoms with E-state index in [1.807, 2.05) is 0 Å². The second kappa shape index (κ2) is 22.7. The second-order valence-electron chi connectivity index (χ2n) is 14.9. The molecular formula is C36H76O2SiSn2. The van der Waals surface area contributed by atoms with Crippen molar-refractivity contribution >= 4 is 45.1 Å². The maximum absolute atomic E-state index is 11.9. The van der Waals surface area contributed by atoms with Crippen LogP contribution < -0.4 is 0 Å². The first-order valence-electron chi connectivity index (χ1n) is 18.1. The molecule has 0 aliphatic carbocycles. The van der Waals surface area contributed by atoms with Crippen LogP contribution in [0.2, 0.25) is 44.8 Å². The normalized spacial score (nSPS) is 15.3. The van der Waals surface area contributed by atoms with Crippen molar-refractivity contribution in [1.29, 1.82) is 0 Å². The number of hydrogen-bond acceptors (Lipinski definition) is 2. The average Bonchev–Trinajstić information content (AvgIpc) is 2.94. The van der Waals surface area contributed by atoms with Gasteiger partial charge in [0.15, 0.2) is 0 Å². The summed E-state index contributed by atoms with van der Waals surface area (Å²) in [5, 5.41) is 12.0. The first-order valence-corrected chi connectivity index (χ1v) is 36.4. The van der Waals surface area contributed by atoms with Crippen molar-refractivity contribution in [3.05, 3.63) is 20.3 Å². The fraction of sp³-hybridized carbons (Fsp3) is 0.889. The summed E-state index contributed by atoms with van der Waals surface area (Å²) >= 11 is -4.97. The molecule has 0 aliphatic rings. The molecule has 2 nitrogen and oxygen atoms in total. The van der Waals surface area contributed by atoms with Crippen LogP contribution in [0.4, 0.5) is 0 Å². The van der Waals surface area contributed by atoms with E-state index in [0.717, 1.165) is 0 Å². The van der Waals surface area contributed by atoms with Gasteiger partial charge in [-0.1, -0.05) is 0 Å². The Balaban J connectivity index is 6.58. The number of aliphatic hydroxyl groups excluding tert-OH is 1. The summed E-state index contributed by atoms with van der Waals surface area (Å²) in [6.45, 7) is 25.8. The number of aliphatic hydroxyl groups is 1. The molecule has 0 fully saturated rings. The van der Waals surface area contributed by atoms with Crippen molar-refractivity contribution in [1.82, 2.24) is 0 Å². The Morgan fingerprint density at radius 3 is 1.15 bits per heavy atom. The van der Waals surface area contributed by atoms with E-state index in [4.69, 9.17) is 4.43 Å². The van der Waals surface area contributed by atoms with Crippen LogP contribution in [0.5, 0.6) is 0 Å². The van der Waals surface area contributed by atoms with Gasteiger partial charge in [0, 0.05) is 0 Å². The summed E-state index contributed by atoms with van der Waals surface area (Å²) in [6.07, 6.45) is 19.9. The summed E-state index contributed by atoms with van der Waals surface area (Å²) in [4.78, 5) is 0.